The summed E-state index contributed by atoms with van der Waals surface area (Å²) >= 11 is 0. The Hall–Kier alpha value is -1.75. The number of nitrogens with zero attached hydrogens (tertiary/aromatic N) is 1. The molecule has 1 aliphatic heterocycles. The van der Waals surface area contributed by atoms with Crippen molar-refractivity contribution >= 4 is 6.03 Å². The largest absolute Gasteiger partial charge is 0.496 e. The Morgan fingerprint density at radius 1 is 1.48 bits per heavy atom. The topological polar surface area (TPSA) is 61.8 Å². The van der Waals surface area contributed by atoms with E-state index >= 15 is 0 Å². The number of carbonyl (C=O) groups is 1. The van der Waals surface area contributed by atoms with Gasteiger partial charge < -0.3 is 20.1 Å². The fourth-order valence-corrected chi connectivity index (χ4v) is 2.56. The maximum Gasteiger partial charge on any atom is 0.317 e. The number of aliphatic hydroxyl groups excluding tert-OH is 1. The summed E-state index contributed by atoms with van der Waals surface area (Å²) in [5.74, 6) is 1.11. The van der Waals surface area contributed by atoms with E-state index in [2.05, 4.69) is 5.32 Å². The van der Waals surface area contributed by atoms with Crippen LogP contribution in [0.2, 0.25) is 0 Å². The summed E-state index contributed by atoms with van der Waals surface area (Å²) in [5.41, 5.74) is 1.08. The van der Waals surface area contributed by atoms with Crippen molar-refractivity contribution in [3.8, 4) is 5.75 Å². The molecule has 0 bridgehead atoms. The van der Waals surface area contributed by atoms with E-state index in [4.69, 9.17) is 4.74 Å². The van der Waals surface area contributed by atoms with Crippen LogP contribution in [0.4, 0.5) is 4.79 Å². The van der Waals surface area contributed by atoms with Gasteiger partial charge in [-0.1, -0.05) is 25.1 Å². The number of aliphatic hydroxyl groups is 1. The van der Waals surface area contributed by atoms with Crippen LogP contribution in [0.5, 0.6) is 5.75 Å². The zero-order valence-electron chi connectivity index (χ0n) is 12.7. The number of para-hydroxylation sites is 1. The smallest absolute Gasteiger partial charge is 0.317 e. The van der Waals surface area contributed by atoms with Crippen LogP contribution in [-0.4, -0.2) is 48.9 Å². The maximum atomic E-state index is 12.1. The summed E-state index contributed by atoms with van der Waals surface area (Å²) in [6.07, 6.45) is 1.16. The van der Waals surface area contributed by atoms with E-state index in [0.717, 1.165) is 24.2 Å². The molecule has 21 heavy (non-hydrogen) atoms. The minimum atomic E-state index is -0.418. The average Bonchev–Trinajstić information content (AvgIpc) is 2.50. The van der Waals surface area contributed by atoms with Crippen molar-refractivity contribution in [1.82, 2.24) is 10.2 Å². The Morgan fingerprint density at radius 2 is 2.24 bits per heavy atom. The molecule has 2 atom stereocenters. The number of piperidine rings is 1. The third-order valence-corrected chi connectivity index (χ3v) is 4.07. The van der Waals surface area contributed by atoms with E-state index in [9.17, 15) is 9.90 Å². The molecule has 2 unspecified atom stereocenters. The number of urea groups is 1. The summed E-state index contributed by atoms with van der Waals surface area (Å²) in [5, 5.41) is 12.7. The van der Waals surface area contributed by atoms with Crippen LogP contribution in [0.3, 0.4) is 0 Å². The Bertz CT molecular complexity index is 478. The standard InChI is InChI=1S/C16H24N2O3/c1-12-8-10-18(11-14(12)19)16(20)17-9-7-13-5-3-4-6-15(13)21-2/h3-6,12,14,19H,7-11H2,1-2H3,(H,17,20). The summed E-state index contributed by atoms with van der Waals surface area (Å²) in [7, 11) is 1.65. The van der Waals surface area contributed by atoms with Gasteiger partial charge in [-0.2, -0.15) is 0 Å². The van der Waals surface area contributed by atoms with Crippen LogP contribution in [0, 0.1) is 5.92 Å². The van der Waals surface area contributed by atoms with Crippen molar-refractivity contribution in [3.63, 3.8) is 0 Å². The molecule has 0 radical (unpaired) electrons. The van der Waals surface area contributed by atoms with E-state index < -0.39 is 6.10 Å². The third kappa shape index (κ3) is 4.11. The minimum absolute atomic E-state index is 0.101. The van der Waals surface area contributed by atoms with Gasteiger partial charge in [0.2, 0.25) is 0 Å². The molecule has 2 rings (SSSR count). The van der Waals surface area contributed by atoms with Crippen LogP contribution in [0.15, 0.2) is 24.3 Å². The maximum absolute atomic E-state index is 12.1. The fraction of sp³-hybridized carbons (Fsp3) is 0.562. The van der Waals surface area contributed by atoms with Crippen molar-refractivity contribution < 1.29 is 14.6 Å². The molecule has 5 heteroatoms. The quantitative estimate of drug-likeness (QED) is 0.887. The van der Waals surface area contributed by atoms with Gasteiger partial charge in [-0.3, -0.25) is 0 Å². The number of β-amino-alcohol motifs (C(OH)–C–C–N with tert-alkyl or cyclic N) is 1. The van der Waals surface area contributed by atoms with Crippen molar-refractivity contribution in [1.29, 1.82) is 0 Å². The monoisotopic (exact) mass is 292 g/mol. The third-order valence-electron chi connectivity index (χ3n) is 4.07. The van der Waals surface area contributed by atoms with Crippen molar-refractivity contribution in [2.45, 2.75) is 25.9 Å². The van der Waals surface area contributed by atoms with Gasteiger partial charge in [-0.25, -0.2) is 4.79 Å². The molecule has 1 aromatic carbocycles. The Kier molecular flexibility index (Phi) is 5.44. The first-order valence-electron chi connectivity index (χ1n) is 7.44. The molecule has 1 fully saturated rings. The first-order valence-corrected chi connectivity index (χ1v) is 7.44. The Morgan fingerprint density at radius 3 is 2.95 bits per heavy atom. The predicted molar refractivity (Wildman–Crippen MR) is 81.5 cm³/mol. The molecule has 1 saturated heterocycles. The predicted octanol–water partition coefficient (Wildman–Crippen LogP) is 1.65. The lowest BCUT2D eigenvalue weighted by molar-refractivity contribution is 0.0436. The van der Waals surface area contributed by atoms with Gasteiger partial charge in [0.15, 0.2) is 0 Å². The van der Waals surface area contributed by atoms with Crippen molar-refractivity contribution in [2.75, 3.05) is 26.7 Å². The Labute approximate surface area is 125 Å². The summed E-state index contributed by atoms with van der Waals surface area (Å²) in [6.45, 7) is 3.70. The highest BCUT2D eigenvalue weighted by molar-refractivity contribution is 5.74. The summed E-state index contributed by atoms with van der Waals surface area (Å²) in [4.78, 5) is 13.8. The van der Waals surface area contributed by atoms with Crippen molar-refractivity contribution in [2.24, 2.45) is 5.92 Å². The number of nitrogens with one attached hydrogen (secondary N) is 1. The second kappa shape index (κ2) is 7.31. The van der Waals surface area contributed by atoms with E-state index in [1.807, 2.05) is 31.2 Å². The molecular weight excluding hydrogens is 268 g/mol. The van der Waals surface area contributed by atoms with Crippen molar-refractivity contribution in [3.05, 3.63) is 29.8 Å². The number of benzene rings is 1. The molecule has 0 spiro atoms. The first-order chi connectivity index (χ1) is 10.1. The lowest BCUT2D eigenvalue weighted by atomic mass is 9.96. The lowest BCUT2D eigenvalue weighted by Gasteiger charge is -2.34. The zero-order valence-corrected chi connectivity index (χ0v) is 12.7. The van der Waals surface area contributed by atoms with Gasteiger partial charge in [0.25, 0.3) is 0 Å². The fourth-order valence-electron chi connectivity index (χ4n) is 2.56. The molecule has 0 saturated carbocycles. The van der Waals surface area contributed by atoms with Crippen LogP contribution < -0.4 is 10.1 Å². The van der Waals surface area contributed by atoms with E-state index in [-0.39, 0.29) is 11.9 Å². The number of rotatable bonds is 4. The van der Waals surface area contributed by atoms with Gasteiger partial charge in [0, 0.05) is 19.6 Å². The van der Waals surface area contributed by atoms with Gasteiger partial charge in [0.05, 0.1) is 13.2 Å². The van der Waals surface area contributed by atoms with Gasteiger partial charge in [-0.15, -0.1) is 0 Å². The van der Waals surface area contributed by atoms with Crippen LogP contribution in [0.1, 0.15) is 18.9 Å². The molecule has 1 aromatic rings. The number of ether oxygens (including phenoxy) is 1. The minimum Gasteiger partial charge on any atom is -0.496 e. The molecule has 1 aliphatic rings. The number of carbonyl (C=O) groups excluding carboxylic acids is 1. The number of hydrogen-bond acceptors (Lipinski definition) is 3. The molecule has 116 valence electrons. The highest BCUT2D eigenvalue weighted by Gasteiger charge is 2.26. The van der Waals surface area contributed by atoms with Crippen LogP contribution in [-0.2, 0) is 6.42 Å². The Balaban J connectivity index is 1.79. The zero-order chi connectivity index (χ0) is 15.2. The molecule has 5 nitrogen and oxygen atoms in total. The molecule has 2 amide bonds. The normalized spacial score (nSPS) is 22.0. The molecule has 1 heterocycles. The van der Waals surface area contributed by atoms with Gasteiger partial charge >= 0.3 is 6.03 Å². The van der Waals surface area contributed by atoms with Crippen LogP contribution >= 0.6 is 0 Å². The van der Waals surface area contributed by atoms with Crippen LogP contribution in [0.25, 0.3) is 0 Å². The number of hydrogen-bond donors (Lipinski definition) is 2. The second-order valence-corrected chi connectivity index (χ2v) is 5.57. The SMILES string of the molecule is COc1ccccc1CCNC(=O)N1CCC(C)C(O)C1. The molecule has 2 N–H and O–H groups in total. The average molecular weight is 292 g/mol. The van der Waals surface area contributed by atoms with E-state index in [0.29, 0.717) is 19.6 Å². The second-order valence-electron chi connectivity index (χ2n) is 5.57. The molecular formula is C16H24N2O3. The number of likely N-dealkylation sites (tertiary alicyclic amines) is 1. The molecule has 0 aromatic heterocycles. The van der Waals surface area contributed by atoms with E-state index in [1.54, 1.807) is 12.0 Å². The first kappa shape index (κ1) is 15.6. The number of methoxy groups -OCH3 is 1. The van der Waals surface area contributed by atoms with Gasteiger partial charge in [0.1, 0.15) is 5.75 Å². The summed E-state index contributed by atoms with van der Waals surface area (Å²) < 4.78 is 5.29. The summed E-state index contributed by atoms with van der Waals surface area (Å²) in [6, 6.07) is 7.70. The van der Waals surface area contributed by atoms with Gasteiger partial charge in [-0.05, 0) is 30.4 Å². The highest BCUT2D eigenvalue weighted by atomic mass is 16.5. The van der Waals surface area contributed by atoms with E-state index in [1.165, 1.54) is 0 Å². The number of amides is 2. The lowest BCUT2D eigenvalue weighted by Crippen LogP contribution is -2.49. The molecule has 0 aliphatic carbocycles. The highest BCUT2D eigenvalue weighted by Crippen LogP contribution is 2.18.